The fourth-order valence-corrected chi connectivity index (χ4v) is 2.60. The fraction of sp³-hybridized carbons (Fsp3) is 0.625. The van der Waals surface area contributed by atoms with Crippen molar-refractivity contribution < 1.29 is 14.6 Å². The van der Waals surface area contributed by atoms with Crippen molar-refractivity contribution in [1.29, 1.82) is 0 Å². The van der Waals surface area contributed by atoms with Gasteiger partial charge in [-0.3, -0.25) is 4.79 Å². The van der Waals surface area contributed by atoms with Gasteiger partial charge in [-0.05, 0) is 32.3 Å². The van der Waals surface area contributed by atoms with Crippen LogP contribution in [0.4, 0.5) is 0 Å². The summed E-state index contributed by atoms with van der Waals surface area (Å²) in [6.45, 7) is 4.14. The first kappa shape index (κ1) is 15.8. The molecule has 2 rings (SSSR count). The van der Waals surface area contributed by atoms with Crippen LogP contribution in [0.3, 0.4) is 0 Å². The van der Waals surface area contributed by atoms with Gasteiger partial charge in [-0.15, -0.1) is 0 Å². The molecule has 1 heterocycles. The van der Waals surface area contributed by atoms with Crippen LogP contribution in [0.15, 0.2) is 18.3 Å². The van der Waals surface area contributed by atoms with Crippen LogP contribution in [-0.4, -0.2) is 34.8 Å². The first-order valence-corrected chi connectivity index (χ1v) is 7.68. The number of aliphatic hydroxyl groups is 1. The number of ether oxygens (including phenoxy) is 1. The van der Waals surface area contributed by atoms with Gasteiger partial charge >= 0.3 is 0 Å². The topological polar surface area (TPSA) is 71.5 Å². The van der Waals surface area contributed by atoms with Gasteiger partial charge in [0.15, 0.2) is 0 Å². The van der Waals surface area contributed by atoms with Gasteiger partial charge < -0.3 is 15.2 Å². The maximum absolute atomic E-state index is 12.3. The molecule has 0 aromatic carbocycles. The van der Waals surface area contributed by atoms with E-state index < -0.39 is 0 Å². The molecule has 0 saturated heterocycles. The second kappa shape index (κ2) is 7.41. The van der Waals surface area contributed by atoms with Crippen molar-refractivity contribution in [1.82, 2.24) is 10.3 Å². The van der Waals surface area contributed by atoms with E-state index in [4.69, 9.17) is 4.74 Å². The van der Waals surface area contributed by atoms with E-state index in [1.807, 2.05) is 13.8 Å². The molecule has 116 valence electrons. The van der Waals surface area contributed by atoms with Crippen LogP contribution in [0.2, 0.25) is 0 Å². The molecule has 1 aromatic rings. The van der Waals surface area contributed by atoms with Crippen LogP contribution in [0, 0.1) is 5.92 Å². The lowest BCUT2D eigenvalue weighted by Crippen LogP contribution is -2.38. The minimum absolute atomic E-state index is 0.0644. The Morgan fingerprint density at radius 2 is 2.38 bits per heavy atom. The van der Waals surface area contributed by atoms with Crippen LogP contribution in [-0.2, 0) is 0 Å². The summed E-state index contributed by atoms with van der Waals surface area (Å²) in [5.74, 6) is 0.519. The average Bonchev–Trinajstić information content (AvgIpc) is 2.94. The molecule has 0 radical (unpaired) electrons. The number of rotatable bonds is 6. The molecular formula is C16H24N2O3. The zero-order valence-corrected chi connectivity index (χ0v) is 12.7. The monoisotopic (exact) mass is 292 g/mol. The van der Waals surface area contributed by atoms with Crippen LogP contribution in [0.1, 0.15) is 49.9 Å². The fourth-order valence-electron chi connectivity index (χ4n) is 2.60. The Hall–Kier alpha value is -1.62. The summed E-state index contributed by atoms with van der Waals surface area (Å²) >= 11 is 0. The van der Waals surface area contributed by atoms with Gasteiger partial charge in [0.1, 0.15) is 0 Å². The van der Waals surface area contributed by atoms with E-state index in [0.717, 1.165) is 25.7 Å². The molecule has 1 fully saturated rings. The van der Waals surface area contributed by atoms with Crippen LogP contribution < -0.4 is 10.1 Å². The zero-order chi connectivity index (χ0) is 15.2. The summed E-state index contributed by atoms with van der Waals surface area (Å²) in [6, 6.07) is 3.42. The molecule has 0 spiro atoms. The lowest BCUT2D eigenvalue weighted by atomic mass is 10.0. The van der Waals surface area contributed by atoms with Crippen molar-refractivity contribution in [2.24, 2.45) is 5.92 Å². The Morgan fingerprint density at radius 1 is 1.57 bits per heavy atom. The number of nitrogens with one attached hydrogen (secondary N) is 1. The van der Waals surface area contributed by atoms with E-state index in [0.29, 0.717) is 11.4 Å². The molecule has 0 bridgehead atoms. The molecule has 1 aromatic heterocycles. The first-order valence-electron chi connectivity index (χ1n) is 7.68. The third-order valence-corrected chi connectivity index (χ3v) is 4.10. The second-order valence-corrected chi connectivity index (χ2v) is 5.67. The number of pyridine rings is 1. The van der Waals surface area contributed by atoms with Gasteiger partial charge in [0, 0.05) is 36.4 Å². The predicted octanol–water partition coefficient (Wildman–Crippen LogP) is 2.15. The highest BCUT2D eigenvalue weighted by atomic mass is 16.5. The standard InChI is InChI=1S/C16H24N2O3/c1-3-11(2)21-15-9-12(7-8-17-15)16(20)18-14-6-4-5-13(14)10-19/h7-9,11,13-14,19H,3-6,10H2,1-2H3,(H,18,20)/t11-,13-,14+/m0/s1. The number of carbonyl (C=O) groups is 1. The number of aromatic nitrogens is 1. The Kier molecular flexibility index (Phi) is 5.56. The quantitative estimate of drug-likeness (QED) is 0.842. The van der Waals surface area contributed by atoms with E-state index in [2.05, 4.69) is 10.3 Å². The van der Waals surface area contributed by atoms with Crippen molar-refractivity contribution in [3.8, 4) is 5.88 Å². The first-order chi connectivity index (χ1) is 10.1. The molecule has 0 unspecified atom stereocenters. The Labute approximate surface area is 125 Å². The van der Waals surface area contributed by atoms with Gasteiger partial charge in [0.2, 0.25) is 5.88 Å². The average molecular weight is 292 g/mol. The summed E-state index contributed by atoms with van der Waals surface area (Å²) < 4.78 is 5.64. The van der Waals surface area contributed by atoms with Gasteiger partial charge in [-0.1, -0.05) is 13.3 Å². The number of amides is 1. The smallest absolute Gasteiger partial charge is 0.251 e. The molecule has 21 heavy (non-hydrogen) atoms. The molecule has 0 aliphatic heterocycles. The number of nitrogens with zero attached hydrogens (tertiary/aromatic N) is 1. The molecule has 1 aliphatic rings. The highest BCUT2D eigenvalue weighted by Gasteiger charge is 2.28. The van der Waals surface area contributed by atoms with Gasteiger partial charge in [-0.25, -0.2) is 4.98 Å². The molecule has 5 heteroatoms. The van der Waals surface area contributed by atoms with Crippen LogP contribution in [0.5, 0.6) is 5.88 Å². The molecule has 1 saturated carbocycles. The molecular weight excluding hydrogens is 268 g/mol. The largest absolute Gasteiger partial charge is 0.475 e. The normalized spacial score (nSPS) is 22.8. The lowest BCUT2D eigenvalue weighted by molar-refractivity contribution is 0.0915. The van der Waals surface area contributed by atoms with E-state index >= 15 is 0 Å². The maximum atomic E-state index is 12.3. The second-order valence-electron chi connectivity index (χ2n) is 5.67. The predicted molar refractivity (Wildman–Crippen MR) is 80.3 cm³/mol. The Balaban J connectivity index is 2.00. The van der Waals surface area contributed by atoms with Gasteiger partial charge in [-0.2, -0.15) is 0 Å². The Bertz CT molecular complexity index is 478. The van der Waals surface area contributed by atoms with Crippen molar-refractivity contribution >= 4 is 5.91 Å². The number of carbonyl (C=O) groups excluding carboxylic acids is 1. The number of hydrogen-bond donors (Lipinski definition) is 2. The highest BCUT2D eigenvalue weighted by Crippen LogP contribution is 2.25. The molecule has 2 N–H and O–H groups in total. The molecule has 1 amide bonds. The third-order valence-electron chi connectivity index (χ3n) is 4.10. The molecule has 1 aliphatic carbocycles. The summed E-state index contributed by atoms with van der Waals surface area (Å²) in [5.41, 5.74) is 0.548. The van der Waals surface area contributed by atoms with E-state index in [1.54, 1.807) is 18.3 Å². The third kappa shape index (κ3) is 4.17. The zero-order valence-electron chi connectivity index (χ0n) is 12.7. The van der Waals surface area contributed by atoms with Gasteiger partial charge in [0.25, 0.3) is 5.91 Å². The highest BCUT2D eigenvalue weighted by molar-refractivity contribution is 5.94. The minimum Gasteiger partial charge on any atom is -0.475 e. The molecule has 5 nitrogen and oxygen atoms in total. The number of aliphatic hydroxyl groups excluding tert-OH is 1. The van der Waals surface area contributed by atoms with Crippen molar-refractivity contribution in [3.63, 3.8) is 0 Å². The Morgan fingerprint density at radius 3 is 3.10 bits per heavy atom. The summed E-state index contributed by atoms with van der Waals surface area (Å²) in [6.07, 6.45) is 5.50. The minimum atomic E-state index is -0.128. The van der Waals surface area contributed by atoms with Crippen LogP contribution >= 0.6 is 0 Å². The lowest BCUT2D eigenvalue weighted by Gasteiger charge is -2.19. The number of hydrogen-bond acceptors (Lipinski definition) is 4. The van der Waals surface area contributed by atoms with Crippen molar-refractivity contribution in [2.45, 2.75) is 51.7 Å². The SMILES string of the molecule is CC[C@H](C)Oc1cc(C(=O)N[C@@H]2CCC[C@H]2CO)ccn1. The van der Waals surface area contributed by atoms with E-state index in [1.165, 1.54) is 0 Å². The van der Waals surface area contributed by atoms with Crippen molar-refractivity contribution in [2.75, 3.05) is 6.61 Å². The summed E-state index contributed by atoms with van der Waals surface area (Å²) in [7, 11) is 0. The maximum Gasteiger partial charge on any atom is 0.251 e. The molecule has 3 atom stereocenters. The van der Waals surface area contributed by atoms with Gasteiger partial charge in [0.05, 0.1) is 6.10 Å². The van der Waals surface area contributed by atoms with E-state index in [9.17, 15) is 9.90 Å². The summed E-state index contributed by atoms with van der Waals surface area (Å²) in [4.78, 5) is 16.4. The van der Waals surface area contributed by atoms with E-state index in [-0.39, 0.29) is 30.6 Å². The summed E-state index contributed by atoms with van der Waals surface area (Å²) in [5, 5.41) is 12.3. The van der Waals surface area contributed by atoms with Crippen molar-refractivity contribution in [3.05, 3.63) is 23.9 Å². The van der Waals surface area contributed by atoms with Crippen LogP contribution in [0.25, 0.3) is 0 Å².